The summed E-state index contributed by atoms with van der Waals surface area (Å²) < 4.78 is 24.1. The van der Waals surface area contributed by atoms with Crippen molar-refractivity contribution < 1.29 is 13.5 Å². The molecule has 0 aromatic carbocycles. The molecule has 0 aromatic heterocycles. The summed E-state index contributed by atoms with van der Waals surface area (Å²) in [6, 6.07) is 0. The summed E-state index contributed by atoms with van der Waals surface area (Å²) in [6.45, 7) is 3.27. The lowest BCUT2D eigenvalue weighted by Gasteiger charge is -2.34. The van der Waals surface area contributed by atoms with Crippen molar-refractivity contribution in [3.63, 3.8) is 0 Å². The van der Waals surface area contributed by atoms with Gasteiger partial charge in [-0.25, -0.2) is 8.42 Å². The van der Waals surface area contributed by atoms with Crippen molar-refractivity contribution in [1.82, 2.24) is 9.21 Å². The molecule has 0 aromatic rings. The minimum absolute atomic E-state index is 0.218. The van der Waals surface area contributed by atoms with Crippen molar-refractivity contribution in [2.24, 2.45) is 5.92 Å². The minimum Gasteiger partial charge on any atom is -0.392 e. The van der Waals surface area contributed by atoms with E-state index in [0.717, 1.165) is 25.9 Å². The molecule has 0 amide bonds. The molecule has 6 heteroatoms. The Bertz CT molecular complexity index is 332. The number of aliphatic hydroxyl groups excluding tert-OH is 1. The van der Waals surface area contributed by atoms with E-state index in [1.54, 1.807) is 0 Å². The zero-order valence-corrected chi connectivity index (χ0v) is 10.5. The van der Waals surface area contributed by atoms with Gasteiger partial charge in [-0.2, -0.15) is 4.31 Å². The van der Waals surface area contributed by atoms with Gasteiger partial charge in [0.05, 0.1) is 12.4 Å². The van der Waals surface area contributed by atoms with Gasteiger partial charge in [0.1, 0.15) is 0 Å². The fraction of sp³-hybridized carbons (Fsp3) is 1.00. The Kier molecular flexibility index (Phi) is 3.53. The molecule has 0 radical (unpaired) electrons. The first-order chi connectivity index (χ1) is 7.47. The predicted molar refractivity (Wildman–Crippen MR) is 61.6 cm³/mol. The van der Waals surface area contributed by atoms with Gasteiger partial charge in [0, 0.05) is 32.7 Å². The molecule has 0 bridgehead atoms. The Morgan fingerprint density at radius 1 is 1.25 bits per heavy atom. The molecule has 1 aliphatic heterocycles. The van der Waals surface area contributed by atoms with Gasteiger partial charge in [-0.3, -0.25) is 4.90 Å². The quantitative estimate of drug-likeness (QED) is 0.717. The van der Waals surface area contributed by atoms with E-state index < -0.39 is 10.0 Å². The highest BCUT2D eigenvalue weighted by Crippen LogP contribution is 2.32. The maximum absolute atomic E-state index is 11.3. The first-order valence-corrected chi connectivity index (χ1v) is 7.67. The smallest absolute Gasteiger partial charge is 0.211 e. The predicted octanol–water partition coefficient (Wildman–Crippen LogP) is -0.665. The van der Waals surface area contributed by atoms with E-state index in [2.05, 4.69) is 4.90 Å². The van der Waals surface area contributed by atoms with Crippen LogP contribution in [0.3, 0.4) is 0 Å². The molecule has 1 heterocycles. The molecule has 5 nitrogen and oxygen atoms in total. The molecule has 2 aliphatic rings. The third-order valence-corrected chi connectivity index (χ3v) is 4.71. The van der Waals surface area contributed by atoms with Crippen LogP contribution in [0.15, 0.2) is 0 Å². The fourth-order valence-corrected chi connectivity index (χ4v) is 2.96. The van der Waals surface area contributed by atoms with Gasteiger partial charge in [0.25, 0.3) is 0 Å². The van der Waals surface area contributed by atoms with Crippen LogP contribution in [0.1, 0.15) is 12.8 Å². The average Bonchev–Trinajstić information content (AvgIpc) is 3.00. The molecular weight excluding hydrogens is 228 g/mol. The van der Waals surface area contributed by atoms with Crippen LogP contribution >= 0.6 is 0 Å². The van der Waals surface area contributed by atoms with E-state index in [1.807, 2.05) is 0 Å². The summed E-state index contributed by atoms with van der Waals surface area (Å²) in [5.41, 5.74) is 0. The topological polar surface area (TPSA) is 60.9 Å². The van der Waals surface area contributed by atoms with Crippen LogP contribution in [0, 0.1) is 5.92 Å². The van der Waals surface area contributed by atoms with Crippen LogP contribution in [0.5, 0.6) is 0 Å². The molecule has 16 heavy (non-hydrogen) atoms. The Labute approximate surface area is 97.1 Å². The summed E-state index contributed by atoms with van der Waals surface area (Å²) in [7, 11) is -3.04. The average molecular weight is 248 g/mol. The van der Waals surface area contributed by atoms with Crippen LogP contribution in [-0.2, 0) is 10.0 Å². The molecule has 0 spiro atoms. The lowest BCUT2D eigenvalue weighted by atomic mass is 10.2. The Hall–Kier alpha value is -0.170. The minimum atomic E-state index is -3.04. The highest BCUT2D eigenvalue weighted by atomic mass is 32.2. The molecule has 2 fully saturated rings. The second-order valence-corrected chi connectivity index (χ2v) is 6.85. The number of piperazine rings is 1. The van der Waals surface area contributed by atoms with Crippen LogP contribution in [0.25, 0.3) is 0 Å². The molecule has 1 saturated heterocycles. The zero-order chi connectivity index (χ0) is 11.8. The summed E-state index contributed by atoms with van der Waals surface area (Å²) in [5.74, 6) is 0.493. The number of sulfonamides is 1. The number of nitrogens with zero attached hydrogens (tertiary/aromatic N) is 2. The summed E-state index contributed by atoms with van der Waals surface area (Å²) in [5, 5.41) is 9.79. The van der Waals surface area contributed by atoms with Gasteiger partial charge in [-0.15, -0.1) is 0 Å². The van der Waals surface area contributed by atoms with Crippen molar-refractivity contribution in [2.75, 3.05) is 39.0 Å². The van der Waals surface area contributed by atoms with Crippen molar-refractivity contribution in [3.8, 4) is 0 Å². The lowest BCUT2D eigenvalue weighted by Crippen LogP contribution is -2.50. The van der Waals surface area contributed by atoms with Crippen molar-refractivity contribution in [3.05, 3.63) is 0 Å². The van der Waals surface area contributed by atoms with E-state index in [-0.39, 0.29) is 6.10 Å². The number of hydrogen-bond donors (Lipinski definition) is 1. The van der Waals surface area contributed by atoms with Crippen LogP contribution in [-0.4, -0.2) is 67.8 Å². The van der Waals surface area contributed by atoms with Crippen molar-refractivity contribution >= 4 is 10.0 Å². The molecule has 1 N–H and O–H groups in total. The molecule has 1 aliphatic carbocycles. The van der Waals surface area contributed by atoms with Crippen LogP contribution in [0.4, 0.5) is 0 Å². The van der Waals surface area contributed by atoms with Gasteiger partial charge >= 0.3 is 0 Å². The SMILES string of the molecule is CS(=O)(=O)N1CCN(C[C@@H](O)C2CC2)CC1. The van der Waals surface area contributed by atoms with Gasteiger partial charge in [0.15, 0.2) is 0 Å². The van der Waals surface area contributed by atoms with Gasteiger partial charge in [0.2, 0.25) is 10.0 Å². The molecule has 1 atom stereocenters. The normalized spacial score (nSPS) is 26.9. The maximum atomic E-state index is 11.3. The first-order valence-electron chi connectivity index (χ1n) is 5.82. The molecule has 2 rings (SSSR count). The van der Waals surface area contributed by atoms with Gasteiger partial charge < -0.3 is 5.11 Å². The second kappa shape index (κ2) is 4.60. The van der Waals surface area contributed by atoms with Gasteiger partial charge in [-0.05, 0) is 18.8 Å². The largest absolute Gasteiger partial charge is 0.392 e. The third kappa shape index (κ3) is 3.16. The zero-order valence-electron chi connectivity index (χ0n) is 9.67. The summed E-state index contributed by atoms with van der Waals surface area (Å²) in [6.07, 6.45) is 3.32. The number of rotatable bonds is 4. The van der Waals surface area contributed by atoms with E-state index >= 15 is 0 Å². The van der Waals surface area contributed by atoms with Crippen molar-refractivity contribution in [2.45, 2.75) is 18.9 Å². The van der Waals surface area contributed by atoms with Crippen LogP contribution < -0.4 is 0 Å². The van der Waals surface area contributed by atoms with E-state index in [4.69, 9.17) is 0 Å². The second-order valence-electron chi connectivity index (χ2n) is 4.87. The first kappa shape index (κ1) is 12.3. The Morgan fingerprint density at radius 2 is 1.81 bits per heavy atom. The van der Waals surface area contributed by atoms with Crippen LogP contribution in [0.2, 0.25) is 0 Å². The number of hydrogen-bond acceptors (Lipinski definition) is 4. The van der Waals surface area contributed by atoms with E-state index in [0.29, 0.717) is 25.6 Å². The summed E-state index contributed by atoms with van der Waals surface area (Å²) >= 11 is 0. The van der Waals surface area contributed by atoms with E-state index in [9.17, 15) is 13.5 Å². The number of aliphatic hydroxyl groups is 1. The molecule has 0 unspecified atom stereocenters. The fourth-order valence-electron chi connectivity index (χ4n) is 2.14. The lowest BCUT2D eigenvalue weighted by molar-refractivity contribution is 0.0783. The monoisotopic (exact) mass is 248 g/mol. The Balaban J connectivity index is 1.76. The third-order valence-electron chi connectivity index (χ3n) is 3.41. The van der Waals surface area contributed by atoms with E-state index in [1.165, 1.54) is 10.6 Å². The van der Waals surface area contributed by atoms with Gasteiger partial charge in [-0.1, -0.05) is 0 Å². The number of β-amino-alcohol motifs (C(OH)–C–C–N with tert-alkyl or cyclic N) is 1. The molecule has 1 saturated carbocycles. The molecular formula is C10H20N2O3S. The summed E-state index contributed by atoms with van der Waals surface area (Å²) in [4.78, 5) is 2.16. The highest BCUT2D eigenvalue weighted by molar-refractivity contribution is 7.88. The van der Waals surface area contributed by atoms with Crippen molar-refractivity contribution in [1.29, 1.82) is 0 Å². The maximum Gasteiger partial charge on any atom is 0.211 e. The Morgan fingerprint density at radius 3 is 2.25 bits per heavy atom. The molecule has 94 valence electrons. The highest BCUT2D eigenvalue weighted by Gasteiger charge is 2.32. The standard InChI is InChI=1S/C10H20N2O3S/c1-16(14,15)12-6-4-11(5-7-12)8-10(13)9-2-3-9/h9-10,13H,2-8H2,1H3/t10-/m1/s1.